The molecule has 2 atom stereocenters. The lowest BCUT2D eigenvalue weighted by molar-refractivity contribution is -0.140. The topological polar surface area (TPSA) is 84.3 Å². The minimum atomic E-state index is -0.880. The van der Waals surface area contributed by atoms with Crippen molar-refractivity contribution in [3.63, 3.8) is 0 Å². The van der Waals surface area contributed by atoms with E-state index in [0.717, 1.165) is 22.4 Å². The molecule has 1 saturated heterocycles. The number of aromatic nitrogens is 2. The van der Waals surface area contributed by atoms with Crippen LogP contribution in [0.3, 0.4) is 0 Å². The molecule has 2 aromatic carbocycles. The summed E-state index contributed by atoms with van der Waals surface area (Å²) in [6.07, 6.45) is 0.171. The number of nitrogens with one attached hydrogen (secondary N) is 1. The van der Waals surface area contributed by atoms with Gasteiger partial charge in [-0.1, -0.05) is 42.5 Å². The van der Waals surface area contributed by atoms with Crippen molar-refractivity contribution in [1.82, 2.24) is 19.8 Å². The van der Waals surface area contributed by atoms with Gasteiger partial charge in [0.05, 0.1) is 22.5 Å². The molecule has 1 aliphatic heterocycles. The zero-order valence-corrected chi connectivity index (χ0v) is 18.0. The Morgan fingerprint density at radius 1 is 1.13 bits per heavy atom. The molecule has 4 rings (SSSR count). The number of imidazole rings is 1. The van der Waals surface area contributed by atoms with E-state index in [4.69, 9.17) is 0 Å². The fourth-order valence-electron chi connectivity index (χ4n) is 4.29. The number of nitrogens with zero attached hydrogens (tertiary/aromatic N) is 3. The number of benzene rings is 2. The molecule has 7 heteroatoms. The van der Waals surface area contributed by atoms with Crippen molar-refractivity contribution in [2.45, 2.75) is 38.1 Å². The third-order valence-electron chi connectivity index (χ3n) is 6.08. The van der Waals surface area contributed by atoms with E-state index in [1.807, 2.05) is 73.1 Å². The highest BCUT2D eigenvalue weighted by molar-refractivity contribution is 6.09. The average Bonchev–Trinajstić information content (AvgIpc) is 3.21. The second-order valence-electron chi connectivity index (χ2n) is 8.28. The Labute approximate surface area is 181 Å². The van der Waals surface area contributed by atoms with E-state index < -0.39 is 5.41 Å². The van der Waals surface area contributed by atoms with E-state index in [1.54, 1.807) is 6.92 Å². The average molecular weight is 418 g/mol. The molecule has 2 heterocycles. The van der Waals surface area contributed by atoms with Crippen molar-refractivity contribution >= 4 is 28.8 Å². The van der Waals surface area contributed by atoms with Gasteiger partial charge in [0.2, 0.25) is 17.7 Å². The Bertz CT molecular complexity index is 1150. The van der Waals surface area contributed by atoms with Gasteiger partial charge in [0.15, 0.2) is 0 Å². The number of hydrogen-bond acceptors (Lipinski definition) is 4. The minimum Gasteiger partial charge on any atom is -0.346 e. The second-order valence-corrected chi connectivity index (χ2v) is 8.28. The predicted molar refractivity (Wildman–Crippen MR) is 117 cm³/mol. The Morgan fingerprint density at radius 3 is 2.52 bits per heavy atom. The van der Waals surface area contributed by atoms with Crippen LogP contribution < -0.4 is 5.32 Å². The van der Waals surface area contributed by atoms with Gasteiger partial charge in [0.1, 0.15) is 5.82 Å². The molecule has 3 amide bonds. The molecule has 31 heavy (non-hydrogen) atoms. The predicted octanol–water partition coefficient (Wildman–Crippen LogP) is 2.86. The summed E-state index contributed by atoms with van der Waals surface area (Å²) in [7, 11) is 1.92. The summed E-state index contributed by atoms with van der Waals surface area (Å²) in [5.74, 6) is 0.0282. The van der Waals surface area contributed by atoms with Gasteiger partial charge >= 0.3 is 0 Å². The number of amides is 3. The normalized spacial score (nSPS) is 19.8. The molecular formula is C24H26N4O3. The molecule has 0 unspecified atom stereocenters. The van der Waals surface area contributed by atoms with E-state index in [0.29, 0.717) is 0 Å². The van der Waals surface area contributed by atoms with E-state index in [2.05, 4.69) is 10.3 Å². The van der Waals surface area contributed by atoms with Gasteiger partial charge in [-0.05, 0) is 31.5 Å². The third kappa shape index (κ3) is 3.71. The summed E-state index contributed by atoms with van der Waals surface area (Å²) in [5, 5.41) is 2.93. The Kier molecular flexibility index (Phi) is 5.35. The molecule has 3 aromatic rings. The number of carbonyl (C=O) groups is 3. The fourth-order valence-corrected chi connectivity index (χ4v) is 4.29. The van der Waals surface area contributed by atoms with Crippen molar-refractivity contribution in [3.05, 3.63) is 66.0 Å². The second kappa shape index (κ2) is 7.98. The lowest BCUT2D eigenvalue weighted by Gasteiger charge is -2.22. The van der Waals surface area contributed by atoms with Crippen LogP contribution in [0.25, 0.3) is 11.0 Å². The van der Waals surface area contributed by atoms with E-state index in [9.17, 15) is 14.4 Å². The van der Waals surface area contributed by atoms with Crippen LogP contribution in [0.4, 0.5) is 0 Å². The van der Waals surface area contributed by atoms with E-state index in [-0.39, 0.29) is 43.1 Å². The maximum atomic E-state index is 13.0. The zero-order chi connectivity index (χ0) is 22.2. The number of para-hydroxylation sites is 2. The van der Waals surface area contributed by atoms with Crippen molar-refractivity contribution in [1.29, 1.82) is 0 Å². The summed E-state index contributed by atoms with van der Waals surface area (Å²) in [6.45, 7) is 3.73. The van der Waals surface area contributed by atoms with Gasteiger partial charge < -0.3 is 9.88 Å². The zero-order valence-electron chi connectivity index (χ0n) is 18.0. The highest BCUT2D eigenvalue weighted by Crippen LogP contribution is 2.36. The van der Waals surface area contributed by atoms with Gasteiger partial charge in [-0.25, -0.2) is 4.98 Å². The maximum Gasteiger partial charge on any atom is 0.240 e. The van der Waals surface area contributed by atoms with Crippen LogP contribution in [0.2, 0.25) is 0 Å². The van der Waals surface area contributed by atoms with Crippen molar-refractivity contribution in [3.8, 4) is 0 Å². The van der Waals surface area contributed by atoms with Crippen LogP contribution in [0.15, 0.2) is 54.6 Å². The first-order valence-corrected chi connectivity index (χ1v) is 10.4. The summed E-state index contributed by atoms with van der Waals surface area (Å²) in [6, 6.07) is 16.8. The quantitative estimate of drug-likeness (QED) is 0.624. The number of hydrogen-bond donors (Lipinski definition) is 1. The molecule has 7 nitrogen and oxygen atoms in total. The van der Waals surface area contributed by atoms with E-state index >= 15 is 0 Å². The van der Waals surface area contributed by atoms with Crippen molar-refractivity contribution in [2.75, 3.05) is 6.54 Å². The monoisotopic (exact) mass is 418 g/mol. The largest absolute Gasteiger partial charge is 0.346 e. The molecular weight excluding hydrogens is 392 g/mol. The van der Waals surface area contributed by atoms with Crippen LogP contribution >= 0.6 is 0 Å². The van der Waals surface area contributed by atoms with Gasteiger partial charge in [-0.15, -0.1) is 0 Å². The molecule has 0 radical (unpaired) electrons. The van der Waals surface area contributed by atoms with Gasteiger partial charge in [0.25, 0.3) is 0 Å². The number of carbonyl (C=O) groups excluding carboxylic acids is 3. The maximum absolute atomic E-state index is 13.0. The Hall–Kier alpha value is -3.48. The molecule has 1 aliphatic rings. The van der Waals surface area contributed by atoms with Gasteiger partial charge in [0, 0.05) is 26.4 Å². The molecule has 1 fully saturated rings. The molecule has 1 aromatic heterocycles. The van der Waals surface area contributed by atoms with Crippen LogP contribution in [-0.4, -0.2) is 38.7 Å². The first-order chi connectivity index (χ1) is 14.8. The smallest absolute Gasteiger partial charge is 0.240 e. The van der Waals surface area contributed by atoms with E-state index in [1.165, 1.54) is 4.90 Å². The van der Waals surface area contributed by atoms with Gasteiger partial charge in [-0.2, -0.15) is 0 Å². The number of imide groups is 1. The highest BCUT2D eigenvalue weighted by Gasteiger charge is 2.49. The van der Waals surface area contributed by atoms with Crippen LogP contribution in [0, 0.1) is 0 Å². The lowest BCUT2D eigenvalue weighted by atomic mass is 9.81. The van der Waals surface area contributed by atoms with Crippen molar-refractivity contribution < 1.29 is 14.4 Å². The lowest BCUT2D eigenvalue weighted by Crippen LogP contribution is -2.39. The minimum absolute atomic E-state index is 0.0522. The first-order valence-electron chi connectivity index (χ1n) is 10.4. The number of fused-ring (bicyclic) bond motifs is 1. The fraction of sp³-hybridized carbons (Fsp3) is 0.333. The molecule has 0 aliphatic carbocycles. The molecule has 160 valence electrons. The Morgan fingerprint density at radius 2 is 1.81 bits per heavy atom. The summed E-state index contributed by atoms with van der Waals surface area (Å²) >= 11 is 0. The van der Waals surface area contributed by atoms with Crippen LogP contribution in [-0.2, 0) is 26.8 Å². The first kappa shape index (κ1) is 20.8. The van der Waals surface area contributed by atoms with Crippen LogP contribution in [0.1, 0.15) is 44.1 Å². The number of rotatable bonds is 6. The van der Waals surface area contributed by atoms with Crippen LogP contribution in [0.5, 0.6) is 0 Å². The number of likely N-dealkylation sites (tertiary alicyclic amines) is 1. The summed E-state index contributed by atoms with van der Waals surface area (Å²) in [4.78, 5) is 43.9. The van der Waals surface area contributed by atoms with Crippen molar-refractivity contribution in [2.24, 2.45) is 7.05 Å². The summed E-state index contributed by atoms with van der Waals surface area (Å²) < 4.78 is 1.96. The SMILES string of the molecule is C[C@H](NC(=O)CCN1C(=O)C[C@](C)(c2ccccc2)C1=O)c1nc2ccccc2n1C. The molecule has 0 spiro atoms. The standard InChI is InChI=1S/C24H26N4O3/c1-16(22-26-18-11-7-8-12-19(18)27(22)3)25-20(29)13-14-28-21(30)15-24(2,23(28)31)17-9-5-4-6-10-17/h4-12,16H,13-15H2,1-3H3,(H,25,29)/t16-,24+/m0/s1. The molecule has 0 bridgehead atoms. The molecule has 1 N–H and O–H groups in total. The highest BCUT2D eigenvalue weighted by atomic mass is 16.2. The number of aryl methyl sites for hydroxylation is 1. The summed E-state index contributed by atoms with van der Waals surface area (Å²) in [5.41, 5.74) is 1.80. The third-order valence-corrected chi connectivity index (χ3v) is 6.08. The van der Waals surface area contributed by atoms with Gasteiger partial charge in [-0.3, -0.25) is 19.3 Å². The molecule has 0 saturated carbocycles. The Balaban J connectivity index is 1.40.